The number of aromatic hydroxyl groups is 1. The number of unbranched alkanes of at least 4 members (excludes halogenated alkanes) is 2. The van der Waals surface area contributed by atoms with Crippen molar-refractivity contribution in [1.29, 1.82) is 0 Å². The molecule has 0 aliphatic rings. The molecule has 0 aliphatic heterocycles. The first-order chi connectivity index (χ1) is 7.16. The summed E-state index contributed by atoms with van der Waals surface area (Å²) in [7, 11) is 0. The number of phenolic OH excluding ortho intramolecular Hbond substituents is 1. The third kappa shape index (κ3) is 3.08. The maximum atomic E-state index is 11.7. The van der Waals surface area contributed by atoms with Gasteiger partial charge in [0.1, 0.15) is 5.75 Å². The number of hydrogen-bond donors (Lipinski definition) is 1. The van der Waals surface area contributed by atoms with Gasteiger partial charge in [-0.25, -0.2) is 0 Å². The van der Waals surface area contributed by atoms with Crippen molar-refractivity contribution >= 4 is 5.78 Å². The summed E-state index contributed by atoms with van der Waals surface area (Å²) in [6.45, 7) is 3.91. The Labute approximate surface area is 90.9 Å². The van der Waals surface area contributed by atoms with E-state index in [9.17, 15) is 9.90 Å². The van der Waals surface area contributed by atoms with Gasteiger partial charge in [0.25, 0.3) is 0 Å². The number of para-hydroxylation sites is 1. The highest BCUT2D eigenvalue weighted by Crippen LogP contribution is 2.23. The second kappa shape index (κ2) is 5.54. The van der Waals surface area contributed by atoms with Crippen LogP contribution in [0.3, 0.4) is 0 Å². The van der Waals surface area contributed by atoms with E-state index in [0.29, 0.717) is 12.0 Å². The van der Waals surface area contributed by atoms with E-state index in [1.165, 1.54) is 0 Å². The van der Waals surface area contributed by atoms with Gasteiger partial charge in [-0.2, -0.15) is 0 Å². The highest BCUT2D eigenvalue weighted by atomic mass is 16.3. The number of Topliss-reactive ketones (excluding diaryl/α,β-unsaturated/α-hetero) is 1. The number of carbonyl (C=O) groups is 1. The van der Waals surface area contributed by atoms with Gasteiger partial charge in [0, 0.05) is 6.42 Å². The molecule has 0 aliphatic carbocycles. The van der Waals surface area contributed by atoms with E-state index in [4.69, 9.17) is 0 Å². The lowest BCUT2D eigenvalue weighted by molar-refractivity contribution is 0.0976. The Bertz CT molecular complexity index is 342. The van der Waals surface area contributed by atoms with E-state index in [1.54, 1.807) is 19.1 Å². The fourth-order valence-corrected chi connectivity index (χ4v) is 1.55. The molecule has 82 valence electrons. The van der Waals surface area contributed by atoms with Crippen molar-refractivity contribution in [3.63, 3.8) is 0 Å². The second-order valence-electron chi connectivity index (χ2n) is 3.85. The minimum absolute atomic E-state index is 0.0460. The molecule has 1 rings (SSSR count). The number of carbonyl (C=O) groups excluding carboxylic acids is 1. The van der Waals surface area contributed by atoms with Gasteiger partial charge >= 0.3 is 0 Å². The van der Waals surface area contributed by atoms with Gasteiger partial charge in [-0.1, -0.05) is 31.9 Å². The van der Waals surface area contributed by atoms with Crippen molar-refractivity contribution in [1.82, 2.24) is 0 Å². The number of benzene rings is 1. The average molecular weight is 206 g/mol. The summed E-state index contributed by atoms with van der Waals surface area (Å²) in [4.78, 5) is 11.7. The van der Waals surface area contributed by atoms with Crippen LogP contribution in [0.25, 0.3) is 0 Å². The Morgan fingerprint density at radius 2 is 2.07 bits per heavy atom. The lowest BCUT2D eigenvalue weighted by atomic mass is 10.0. The Morgan fingerprint density at radius 1 is 1.33 bits per heavy atom. The van der Waals surface area contributed by atoms with Gasteiger partial charge in [0.15, 0.2) is 5.78 Å². The van der Waals surface area contributed by atoms with Gasteiger partial charge in [-0.15, -0.1) is 0 Å². The molecule has 0 aromatic heterocycles. The minimum atomic E-state index is 0.0460. The van der Waals surface area contributed by atoms with Crippen LogP contribution in [0.4, 0.5) is 0 Å². The molecule has 0 spiro atoms. The van der Waals surface area contributed by atoms with E-state index in [2.05, 4.69) is 6.92 Å². The van der Waals surface area contributed by atoms with Crippen LogP contribution in [-0.2, 0) is 0 Å². The van der Waals surface area contributed by atoms with E-state index < -0.39 is 0 Å². The molecule has 0 heterocycles. The third-order valence-electron chi connectivity index (χ3n) is 2.55. The normalized spacial score (nSPS) is 10.3. The molecule has 1 aromatic rings. The second-order valence-corrected chi connectivity index (χ2v) is 3.85. The summed E-state index contributed by atoms with van der Waals surface area (Å²) in [5.74, 6) is 0.184. The SMILES string of the molecule is CCCCCC(=O)c1cccc(C)c1O. The summed E-state index contributed by atoms with van der Waals surface area (Å²) < 4.78 is 0. The van der Waals surface area contributed by atoms with Gasteiger partial charge < -0.3 is 5.11 Å². The van der Waals surface area contributed by atoms with Crippen molar-refractivity contribution in [2.24, 2.45) is 0 Å². The average Bonchev–Trinajstić information content (AvgIpc) is 2.22. The minimum Gasteiger partial charge on any atom is -0.507 e. The van der Waals surface area contributed by atoms with E-state index in [-0.39, 0.29) is 11.5 Å². The zero-order valence-electron chi connectivity index (χ0n) is 9.42. The van der Waals surface area contributed by atoms with Crippen molar-refractivity contribution in [3.8, 4) is 5.75 Å². The lowest BCUT2D eigenvalue weighted by Crippen LogP contribution is -2.00. The third-order valence-corrected chi connectivity index (χ3v) is 2.55. The van der Waals surface area contributed by atoms with Gasteiger partial charge in [0.2, 0.25) is 0 Å². The summed E-state index contributed by atoms with van der Waals surface area (Å²) in [6, 6.07) is 5.30. The molecule has 0 saturated heterocycles. The molecule has 1 N–H and O–H groups in total. The Kier molecular flexibility index (Phi) is 4.35. The molecule has 0 atom stereocenters. The van der Waals surface area contributed by atoms with Gasteiger partial charge in [0.05, 0.1) is 5.56 Å². The molecule has 2 heteroatoms. The van der Waals surface area contributed by atoms with E-state index >= 15 is 0 Å². The van der Waals surface area contributed by atoms with Gasteiger partial charge in [-0.3, -0.25) is 4.79 Å². The molecule has 0 unspecified atom stereocenters. The smallest absolute Gasteiger partial charge is 0.166 e. The Balaban J connectivity index is 2.69. The fourth-order valence-electron chi connectivity index (χ4n) is 1.55. The van der Waals surface area contributed by atoms with Crippen LogP contribution >= 0.6 is 0 Å². The topological polar surface area (TPSA) is 37.3 Å². The highest BCUT2D eigenvalue weighted by molar-refractivity contribution is 5.98. The van der Waals surface area contributed by atoms with Crippen molar-refractivity contribution in [2.45, 2.75) is 39.5 Å². The number of aryl methyl sites for hydroxylation is 1. The Hall–Kier alpha value is -1.31. The molecule has 0 fully saturated rings. The van der Waals surface area contributed by atoms with Crippen molar-refractivity contribution < 1.29 is 9.90 Å². The van der Waals surface area contributed by atoms with Crippen LogP contribution in [0, 0.1) is 6.92 Å². The maximum Gasteiger partial charge on any atom is 0.166 e. The molecule has 1 aromatic carbocycles. The van der Waals surface area contributed by atoms with Crippen LogP contribution in [0.2, 0.25) is 0 Å². The zero-order chi connectivity index (χ0) is 11.3. The van der Waals surface area contributed by atoms with Crippen LogP contribution in [0.15, 0.2) is 18.2 Å². The highest BCUT2D eigenvalue weighted by Gasteiger charge is 2.11. The maximum absolute atomic E-state index is 11.7. The molecule has 0 radical (unpaired) electrons. The van der Waals surface area contributed by atoms with Crippen LogP contribution < -0.4 is 0 Å². The molecule has 0 bridgehead atoms. The largest absolute Gasteiger partial charge is 0.507 e. The number of phenols is 1. The molecule has 0 saturated carbocycles. The predicted octanol–water partition coefficient (Wildman–Crippen LogP) is 3.46. The quantitative estimate of drug-likeness (QED) is 0.591. The molecule has 0 amide bonds. The van der Waals surface area contributed by atoms with Crippen molar-refractivity contribution in [3.05, 3.63) is 29.3 Å². The standard InChI is InChI=1S/C13H18O2/c1-3-4-5-9-12(14)11-8-6-7-10(2)13(11)15/h6-8,15H,3-5,9H2,1-2H3. The summed E-state index contributed by atoms with van der Waals surface area (Å²) in [5, 5.41) is 9.70. The molecular formula is C13H18O2. The first kappa shape index (κ1) is 11.8. The van der Waals surface area contributed by atoms with Crippen molar-refractivity contribution in [2.75, 3.05) is 0 Å². The van der Waals surface area contributed by atoms with Crippen LogP contribution in [0.1, 0.15) is 48.5 Å². The van der Waals surface area contributed by atoms with E-state index in [0.717, 1.165) is 24.8 Å². The predicted molar refractivity (Wildman–Crippen MR) is 61.3 cm³/mol. The number of hydrogen-bond acceptors (Lipinski definition) is 2. The molecule has 15 heavy (non-hydrogen) atoms. The first-order valence-corrected chi connectivity index (χ1v) is 5.48. The van der Waals surface area contributed by atoms with Crippen LogP contribution in [-0.4, -0.2) is 10.9 Å². The summed E-state index contributed by atoms with van der Waals surface area (Å²) in [5.41, 5.74) is 1.22. The summed E-state index contributed by atoms with van der Waals surface area (Å²) >= 11 is 0. The number of rotatable bonds is 5. The zero-order valence-corrected chi connectivity index (χ0v) is 9.42. The van der Waals surface area contributed by atoms with Gasteiger partial charge in [-0.05, 0) is 25.0 Å². The van der Waals surface area contributed by atoms with E-state index in [1.807, 2.05) is 6.07 Å². The lowest BCUT2D eigenvalue weighted by Gasteiger charge is -2.05. The number of ketones is 1. The van der Waals surface area contributed by atoms with Crippen LogP contribution in [0.5, 0.6) is 5.75 Å². The fraction of sp³-hybridized carbons (Fsp3) is 0.462. The first-order valence-electron chi connectivity index (χ1n) is 5.48. The summed E-state index contributed by atoms with van der Waals surface area (Å²) in [6.07, 6.45) is 3.61. The molecular weight excluding hydrogens is 188 g/mol. The Morgan fingerprint density at radius 3 is 2.73 bits per heavy atom. The molecule has 2 nitrogen and oxygen atoms in total. The monoisotopic (exact) mass is 206 g/mol.